The van der Waals surface area contributed by atoms with E-state index in [1.807, 2.05) is 0 Å². The Morgan fingerprint density at radius 2 is 1.97 bits per heavy atom. The lowest BCUT2D eigenvalue weighted by Crippen LogP contribution is -2.44. The van der Waals surface area contributed by atoms with Gasteiger partial charge in [-0.3, -0.25) is 9.59 Å². The quantitative estimate of drug-likeness (QED) is 0.759. The molecule has 1 aromatic heterocycles. The summed E-state index contributed by atoms with van der Waals surface area (Å²) in [6.07, 6.45) is 1.11. The smallest absolute Gasteiger partial charge is 0.253 e. The zero-order chi connectivity index (χ0) is 21.2. The molecule has 1 unspecified atom stereocenters. The van der Waals surface area contributed by atoms with Gasteiger partial charge in [0.2, 0.25) is 15.9 Å². The second-order valence-electron chi connectivity index (χ2n) is 6.97. The van der Waals surface area contributed by atoms with Crippen molar-refractivity contribution in [3.05, 3.63) is 41.3 Å². The van der Waals surface area contributed by atoms with Crippen molar-refractivity contribution in [3.63, 3.8) is 0 Å². The van der Waals surface area contributed by atoms with Crippen LogP contribution >= 0.6 is 0 Å². The van der Waals surface area contributed by atoms with Gasteiger partial charge in [-0.05, 0) is 38.8 Å². The number of nitrogens with zero attached hydrogens (tertiary/aromatic N) is 2. The molecule has 0 aliphatic carbocycles. The number of carbonyl (C=O) groups excluding carboxylic acids is 2. The molecule has 2 N–H and O–H groups in total. The lowest BCUT2D eigenvalue weighted by atomic mass is 9.98. The number of nitrogens with one attached hydrogen (secondary N) is 2. The standard InChI is InChI=1S/C19H24N4O5S/c1-12-17(13(2)28-22-12)29(26,27)23-10-6-7-14(11-23)18(24)21-16-9-5-4-8-15(16)19(25)20-3/h4-5,8-9,14H,6-7,10-11H2,1-3H3,(H,20,25)(H,21,24). The summed E-state index contributed by atoms with van der Waals surface area (Å²) in [4.78, 5) is 24.9. The highest BCUT2D eigenvalue weighted by Crippen LogP contribution is 2.28. The van der Waals surface area contributed by atoms with Crippen LogP contribution in [0.2, 0.25) is 0 Å². The average Bonchev–Trinajstić information content (AvgIpc) is 3.06. The Morgan fingerprint density at radius 1 is 1.24 bits per heavy atom. The van der Waals surface area contributed by atoms with Crippen LogP contribution in [0.4, 0.5) is 5.69 Å². The van der Waals surface area contributed by atoms with Gasteiger partial charge in [-0.25, -0.2) is 8.42 Å². The first-order chi connectivity index (χ1) is 13.8. The molecule has 29 heavy (non-hydrogen) atoms. The molecule has 1 saturated heterocycles. The van der Waals surface area contributed by atoms with Gasteiger partial charge in [-0.15, -0.1) is 0 Å². The van der Waals surface area contributed by atoms with Crippen molar-refractivity contribution in [3.8, 4) is 0 Å². The molecule has 0 spiro atoms. The van der Waals surface area contributed by atoms with Crippen molar-refractivity contribution >= 4 is 27.5 Å². The monoisotopic (exact) mass is 420 g/mol. The zero-order valence-electron chi connectivity index (χ0n) is 16.6. The molecule has 1 aliphatic rings. The molecule has 2 amide bonds. The lowest BCUT2D eigenvalue weighted by Gasteiger charge is -2.31. The van der Waals surface area contributed by atoms with Gasteiger partial charge in [0.05, 0.1) is 17.2 Å². The Kier molecular flexibility index (Phi) is 6.04. The molecular formula is C19H24N4O5S. The molecule has 9 nitrogen and oxygen atoms in total. The fourth-order valence-electron chi connectivity index (χ4n) is 3.51. The van der Waals surface area contributed by atoms with E-state index in [1.165, 1.54) is 11.4 Å². The minimum Gasteiger partial charge on any atom is -0.360 e. The summed E-state index contributed by atoms with van der Waals surface area (Å²) in [6.45, 7) is 3.51. The Bertz CT molecular complexity index is 1010. The Hall–Kier alpha value is -2.72. The number of rotatable bonds is 5. The van der Waals surface area contributed by atoms with Gasteiger partial charge >= 0.3 is 0 Å². The van der Waals surface area contributed by atoms with E-state index >= 15 is 0 Å². The van der Waals surface area contributed by atoms with E-state index in [1.54, 1.807) is 38.1 Å². The molecule has 156 valence electrons. The Balaban J connectivity index is 1.78. The maximum absolute atomic E-state index is 13.0. The number of aryl methyl sites for hydroxylation is 2. The second-order valence-corrected chi connectivity index (χ2v) is 8.84. The molecule has 10 heteroatoms. The second kappa shape index (κ2) is 8.34. The van der Waals surface area contributed by atoms with Crippen LogP contribution in [0.1, 0.15) is 34.7 Å². The number of anilines is 1. The largest absolute Gasteiger partial charge is 0.360 e. The van der Waals surface area contributed by atoms with E-state index in [4.69, 9.17) is 4.52 Å². The molecule has 0 radical (unpaired) electrons. The molecular weight excluding hydrogens is 396 g/mol. The van der Waals surface area contributed by atoms with Crippen LogP contribution in [0.15, 0.2) is 33.7 Å². The molecule has 1 fully saturated rings. The van der Waals surface area contributed by atoms with Gasteiger partial charge in [0, 0.05) is 20.1 Å². The molecule has 0 bridgehead atoms. The predicted octanol–water partition coefficient (Wildman–Crippen LogP) is 1.69. The fraction of sp³-hybridized carbons (Fsp3) is 0.421. The summed E-state index contributed by atoms with van der Waals surface area (Å²) in [5.41, 5.74) is 1.04. The molecule has 0 saturated carbocycles. The lowest BCUT2D eigenvalue weighted by molar-refractivity contribution is -0.120. The number of sulfonamides is 1. The number of benzene rings is 1. The first kappa shape index (κ1) is 21.0. The minimum atomic E-state index is -3.81. The van der Waals surface area contributed by atoms with E-state index in [-0.39, 0.29) is 29.0 Å². The van der Waals surface area contributed by atoms with Crippen molar-refractivity contribution in [1.29, 1.82) is 0 Å². The number of carbonyl (C=O) groups is 2. The van der Waals surface area contributed by atoms with Gasteiger partial charge in [0.15, 0.2) is 5.76 Å². The van der Waals surface area contributed by atoms with Crippen molar-refractivity contribution in [1.82, 2.24) is 14.8 Å². The molecule has 2 aromatic rings. The highest BCUT2D eigenvalue weighted by Gasteiger charge is 2.36. The number of piperidine rings is 1. The van der Waals surface area contributed by atoms with Crippen molar-refractivity contribution in [2.75, 3.05) is 25.5 Å². The Morgan fingerprint density at radius 3 is 2.62 bits per heavy atom. The molecule has 1 atom stereocenters. The minimum absolute atomic E-state index is 0.0559. The fourth-order valence-corrected chi connectivity index (χ4v) is 5.32. The van der Waals surface area contributed by atoms with Gasteiger partial charge in [-0.1, -0.05) is 17.3 Å². The highest BCUT2D eigenvalue weighted by atomic mass is 32.2. The number of hydrogen-bond donors (Lipinski definition) is 2. The van der Waals surface area contributed by atoms with E-state index in [0.29, 0.717) is 36.3 Å². The van der Waals surface area contributed by atoms with Crippen LogP contribution in [-0.4, -0.2) is 49.8 Å². The van der Waals surface area contributed by atoms with Crippen LogP contribution in [0.3, 0.4) is 0 Å². The predicted molar refractivity (Wildman–Crippen MR) is 106 cm³/mol. The summed E-state index contributed by atoms with van der Waals surface area (Å²) in [6, 6.07) is 6.68. The van der Waals surface area contributed by atoms with Crippen LogP contribution < -0.4 is 10.6 Å². The molecule has 1 aliphatic heterocycles. The van der Waals surface area contributed by atoms with E-state index < -0.39 is 15.9 Å². The van der Waals surface area contributed by atoms with E-state index in [9.17, 15) is 18.0 Å². The Labute approximate surface area is 169 Å². The van der Waals surface area contributed by atoms with E-state index in [2.05, 4.69) is 15.8 Å². The average molecular weight is 420 g/mol. The maximum Gasteiger partial charge on any atom is 0.253 e. The number of aromatic nitrogens is 1. The molecule has 1 aromatic carbocycles. The van der Waals surface area contributed by atoms with Crippen LogP contribution in [0.25, 0.3) is 0 Å². The van der Waals surface area contributed by atoms with Crippen molar-refractivity contribution in [2.24, 2.45) is 5.92 Å². The van der Waals surface area contributed by atoms with Gasteiger partial charge in [-0.2, -0.15) is 4.31 Å². The third-order valence-corrected chi connectivity index (χ3v) is 7.09. The van der Waals surface area contributed by atoms with E-state index in [0.717, 1.165) is 0 Å². The normalized spacial score (nSPS) is 17.7. The summed E-state index contributed by atoms with van der Waals surface area (Å²) in [5, 5.41) is 9.03. The first-order valence-corrected chi connectivity index (χ1v) is 10.7. The van der Waals surface area contributed by atoms with Crippen molar-refractivity contribution in [2.45, 2.75) is 31.6 Å². The first-order valence-electron chi connectivity index (χ1n) is 9.30. The van der Waals surface area contributed by atoms with Gasteiger partial charge in [0.1, 0.15) is 10.6 Å². The molecule has 2 heterocycles. The zero-order valence-corrected chi connectivity index (χ0v) is 17.4. The summed E-state index contributed by atoms with van der Waals surface area (Å²) < 4.78 is 32.4. The van der Waals surface area contributed by atoms with Crippen LogP contribution in [-0.2, 0) is 14.8 Å². The number of para-hydroxylation sites is 1. The van der Waals surface area contributed by atoms with Crippen molar-refractivity contribution < 1.29 is 22.5 Å². The topological polar surface area (TPSA) is 122 Å². The summed E-state index contributed by atoms with van der Waals surface area (Å²) in [5.74, 6) is -0.933. The number of amides is 2. The van der Waals surface area contributed by atoms with Crippen LogP contribution in [0, 0.1) is 19.8 Å². The number of hydrogen-bond acceptors (Lipinski definition) is 6. The molecule has 3 rings (SSSR count). The summed E-state index contributed by atoms with van der Waals surface area (Å²) in [7, 11) is -2.30. The van der Waals surface area contributed by atoms with Gasteiger partial charge < -0.3 is 15.2 Å². The third kappa shape index (κ3) is 4.18. The summed E-state index contributed by atoms with van der Waals surface area (Å²) >= 11 is 0. The highest BCUT2D eigenvalue weighted by molar-refractivity contribution is 7.89. The van der Waals surface area contributed by atoms with Crippen LogP contribution in [0.5, 0.6) is 0 Å². The maximum atomic E-state index is 13.0. The third-order valence-electron chi connectivity index (χ3n) is 4.98. The SMILES string of the molecule is CNC(=O)c1ccccc1NC(=O)C1CCCN(S(=O)(=O)c2c(C)noc2C)C1. The van der Waals surface area contributed by atoms with Gasteiger partial charge in [0.25, 0.3) is 5.91 Å².